The SMILES string of the molecule is COc1cccc(C2/C(=C(/O)c3ccc(OCC(C)C)cc3)C(=O)C(=O)N2CC2CCCO2)c1. The first-order chi connectivity index (χ1) is 16.4. The average Bonchev–Trinajstić information content (AvgIpc) is 3.45. The van der Waals surface area contributed by atoms with Gasteiger partial charge < -0.3 is 24.2 Å². The van der Waals surface area contributed by atoms with Crippen LogP contribution in [-0.4, -0.2) is 54.7 Å². The van der Waals surface area contributed by atoms with Gasteiger partial charge in [-0.3, -0.25) is 9.59 Å². The van der Waals surface area contributed by atoms with Gasteiger partial charge >= 0.3 is 0 Å². The van der Waals surface area contributed by atoms with Crippen LogP contribution in [0.1, 0.15) is 43.9 Å². The van der Waals surface area contributed by atoms with E-state index >= 15 is 0 Å². The van der Waals surface area contributed by atoms with E-state index in [0.29, 0.717) is 41.8 Å². The minimum Gasteiger partial charge on any atom is -0.507 e. The van der Waals surface area contributed by atoms with Gasteiger partial charge in [0.1, 0.15) is 17.3 Å². The second-order valence-corrected chi connectivity index (χ2v) is 9.09. The summed E-state index contributed by atoms with van der Waals surface area (Å²) in [7, 11) is 1.56. The Balaban J connectivity index is 1.73. The molecule has 0 aliphatic carbocycles. The standard InChI is InChI=1S/C27H31NO6/c1-17(2)16-34-20-11-9-18(10-12-20)25(29)23-24(19-6-4-7-21(14-19)32-3)28(27(31)26(23)30)15-22-8-5-13-33-22/h4,6-7,9-12,14,17,22,24,29H,5,8,13,15-16H2,1-3H3/b25-23-. The molecule has 2 fully saturated rings. The molecular formula is C27H31NO6. The van der Waals surface area contributed by atoms with Gasteiger partial charge in [-0.15, -0.1) is 0 Å². The maximum absolute atomic E-state index is 13.2. The van der Waals surface area contributed by atoms with Crippen LogP contribution in [-0.2, 0) is 14.3 Å². The van der Waals surface area contributed by atoms with Crippen molar-refractivity contribution in [3.8, 4) is 11.5 Å². The van der Waals surface area contributed by atoms with Crippen molar-refractivity contribution in [2.75, 3.05) is 26.9 Å². The van der Waals surface area contributed by atoms with E-state index in [0.717, 1.165) is 12.8 Å². The predicted molar refractivity (Wildman–Crippen MR) is 128 cm³/mol. The van der Waals surface area contributed by atoms with Gasteiger partial charge in [-0.1, -0.05) is 26.0 Å². The van der Waals surface area contributed by atoms with E-state index in [2.05, 4.69) is 13.8 Å². The Labute approximate surface area is 199 Å². The van der Waals surface area contributed by atoms with Crippen LogP contribution in [0.15, 0.2) is 54.1 Å². The van der Waals surface area contributed by atoms with Gasteiger partial charge in [0.15, 0.2) is 0 Å². The first-order valence-electron chi connectivity index (χ1n) is 11.7. The molecule has 2 aliphatic rings. The fourth-order valence-electron chi connectivity index (χ4n) is 4.36. The summed E-state index contributed by atoms with van der Waals surface area (Å²) >= 11 is 0. The number of carbonyl (C=O) groups excluding carboxylic acids is 2. The molecule has 2 aromatic rings. The molecule has 1 N–H and O–H groups in total. The molecule has 34 heavy (non-hydrogen) atoms. The van der Waals surface area contributed by atoms with Crippen molar-refractivity contribution in [2.45, 2.75) is 38.8 Å². The molecule has 2 atom stereocenters. The smallest absolute Gasteiger partial charge is 0.295 e. The lowest BCUT2D eigenvalue weighted by Gasteiger charge is -2.27. The molecular weight excluding hydrogens is 434 g/mol. The normalized spacial score (nSPS) is 21.9. The molecule has 2 aliphatic heterocycles. The first kappa shape index (κ1) is 23.8. The Morgan fingerprint density at radius 2 is 1.91 bits per heavy atom. The summed E-state index contributed by atoms with van der Waals surface area (Å²) in [6.45, 7) is 5.63. The zero-order valence-corrected chi connectivity index (χ0v) is 19.8. The first-order valence-corrected chi connectivity index (χ1v) is 11.7. The zero-order chi connectivity index (χ0) is 24.2. The lowest BCUT2D eigenvalue weighted by Crippen LogP contribution is -2.36. The number of carbonyl (C=O) groups is 2. The highest BCUT2D eigenvalue weighted by atomic mass is 16.5. The number of aliphatic hydroxyl groups excluding tert-OH is 1. The van der Waals surface area contributed by atoms with Gasteiger partial charge in [-0.2, -0.15) is 0 Å². The number of Topliss-reactive ketones (excluding diaryl/α,β-unsaturated/α-hetero) is 1. The van der Waals surface area contributed by atoms with Crippen molar-refractivity contribution in [1.29, 1.82) is 0 Å². The number of rotatable bonds is 8. The van der Waals surface area contributed by atoms with Crippen molar-refractivity contribution in [3.63, 3.8) is 0 Å². The maximum atomic E-state index is 13.2. The van der Waals surface area contributed by atoms with Gasteiger partial charge in [0.25, 0.3) is 11.7 Å². The summed E-state index contributed by atoms with van der Waals surface area (Å²) < 4.78 is 16.8. The number of likely N-dealkylation sites (tertiary alicyclic amines) is 1. The fraction of sp³-hybridized carbons (Fsp3) is 0.407. The largest absolute Gasteiger partial charge is 0.507 e. The van der Waals surface area contributed by atoms with Crippen LogP contribution in [0.4, 0.5) is 0 Å². The van der Waals surface area contributed by atoms with Crippen molar-refractivity contribution >= 4 is 17.4 Å². The Morgan fingerprint density at radius 3 is 2.56 bits per heavy atom. The Morgan fingerprint density at radius 1 is 1.15 bits per heavy atom. The van der Waals surface area contributed by atoms with E-state index < -0.39 is 17.7 Å². The quantitative estimate of drug-likeness (QED) is 0.355. The number of hydrogen-bond donors (Lipinski definition) is 1. The van der Waals surface area contributed by atoms with E-state index in [1.54, 1.807) is 49.6 Å². The summed E-state index contributed by atoms with van der Waals surface area (Å²) in [4.78, 5) is 27.8. The van der Waals surface area contributed by atoms with Crippen LogP contribution >= 0.6 is 0 Å². The van der Waals surface area contributed by atoms with Crippen LogP contribution in [0.5, 0.6) is 11.5 Å². The zero-order valence-electron chi connectivity index (χ0n) is 19.8. The number of benzene rings is 2. The monoisotopic (exact) mass is 465 g/mol. The van der Waals surface area contributed by atoms with Crippen molar-refractivity contribution < 1.29 is 28.9 Å². The van der Waals surface area contributed by atoms with Gasteiger partial charge in [0, 0.05) is 18.7 Å². The Kier molecular flexibility index (Phi) is 7.22. The molecule has 1 amide bonds. The van der Waals surface area contributed by atoms with E-state index in [1.807, 2.05) is 6.07 Å². The molecule has 0 bridgehead atoms. The maximum Gasteiger partial charge on any atom is 0.295 e. The van der Waals surface area contributed by atoms with Crippen LogP contribution in [0, 0.1) is 5.92 Å². The van der Waals surface area contributed by atoms with E-state index in [9.17, 15) is 14.7 Å². The highest BCUT2D eigenvalue weighted by Gasteiger charge is 2.47. The highest BCUT2D eigenvalue weighted by Crippen LogP contribution is 2.41. The topological polar surface area (TPSA) is 85.3 Å². The number of ether oxygens (including phenoxy) is 3. The fourth-order valence-corrected chi connectivity index (χ4v) is 4.36. The predicted octanol–water partition coefficient (Wildman–Crippen LogP) is 4.33. The lowest BCUT2D eigenvalue weighted by molar-refractivity contribution is -0.140. The molecule has 7 heteroatoms. The molecule has 0 radical (unpaired) electrons. The van der Waals surface area contributed by atoms with Gasteiger partial charge in [0.05, 0.1) is 31.4 Å². The van der Waals surface area contributed by atoms with E-state index in [4.69, 9.17) is 14.2 Å². The van der Waals surface area contributed by atoms with Crippen LogP contribution in [0.2, 0.25) is 0 Å². The molecule has 2 saturated heterocycles. The second-order valence-electron chi connectivity index (χ2n) is 9.09. The summed E-state index contributed by atoms with van der Waals surface area (Å²) in [5, 5.41) is 11.2. The van der Waals surface area contributed by atoms with Gasteiger partial charge in [-0.05, 0) is 60.7 Å². The molecule has 0 saturated carbocycles. The summed E-state index contributed by atoms with van der Waals surface area (Å²) in [6.07, 6.45) is 1.61. The van der Waals surface area contributed by atoms with E-state index in [-0.39, 0.29) is 24.0 Å². The molecule has 2 unspecified atom stereocenters. The van der Waals surface area contributed by atoms with Crippen LogP contribution < -0.4 is 9.47 Å². The minimum absolute atomic E-state index is 0.0621. The number of amides is 1. The number of ketones is 1. The van der Waals surface area contributed by atoms with Crippen molar-refractivity contribution in [1.82, 2.24) is 4.90 Å². The Hall–Kier alpha value is -3.32. The number of aliphatic hydroxyl groups is 1. The second kappa shape index (κ2) is 10.3. The third-order valence-corrected chi connectivity index (χ3v) is 6.08. The number of nitrogens with zero attached hydrogens (tertiary/aromatic N) is 1. The third kappa shape index (κ3) is 4.94. The van der Waals surface area contributed by atoms with Gasteiger partial charge in [0.2, 0.25) is 0 Å². The van der Waals surface area contributed by atoms with Crippen LogP contribution in [0.25, 0.3) is 5.76 Å². The molecule has 7 nitrogen and oxygen atoms in total. The molecule has 180 valence electrons. The number of hydrogen-bond acceptors (Lipinski definition) is 6. The van der Waals surface area contributed by atoms with Gasteiger partial charge in [-0.25, -0.2) is 0 Å². The lowest BCUT2D eigenvalue weighted by atomic mass is 9.95. The Bertz CT molecular complexity index is 1070. The average molecular weight is 466 g/mol. The molecule has 0 spiro atoms. The minimum atomic E-state index is -0.740. The van der Waals surface area contributed by atoms with E-state index in [1.165, 1.54) is 4.90 Å². The third-order valence-electron chi connectivity index (χ3n) is 6.08. The van der Waals surface area contributed by atoms with Crippen molar-refractivity contribution in [3.05, 3.63) is 65.2 Å². The highest BCUT2D eigenvalue weighted by molar-refractivity contribution is 6.46. The molecule has 2 aromatic carbocycles. The van der Waals surface area contributed by atoms with Crippen molar-refractivity contribution in [2.24, 2.45) is 5.92 Å². The van der Waals surface area contributed by atoms with Crippen LogP contribution in [0.3, 0.4) is 0 Å². The molecule has 2 heterocycles. The summed E-state index contributed by atoms with van der Waals surface area (Å²) in [5.74, 6) is 0.109. The summed E-state index contributed by atoms with van der Waals surface area (Å²) in [5.41, 5.74) is 1.20. The molecule has 0 aromatic heterocycles. The number of methoxy groups -OCH3 is 1. The molecule has 4 rings (SSSR count). The summed E-state index contributed by atoms with van der Waals surface area (Å²) in [6, 6.07) is 13.4.